The molecule has 0 bridgehead atoms. The molecule has 19 heavy (non-hydrogen) atoms. The van der Waals surface area contributed by atoms with Crippen LogP contribution >= 0.6 is 15.9 Å². The maximum atomic E-state index is 11.7. The van der Waals surface area contributed by atoms with E-state index < -0.39 is 0 Å². The maximum Gasteiger partial charge on any atom is 0.258 e. The molecule has 1 aromatic rings. The molecular formula is C14H18BrNO3. The fourth-order valence-corrected chi connectivity index (χ4v) is 2.48. The highest BCUT2D eigenvalue weighted by molar-refractivity contribution is 9.10. The van der Waals surface area contributed by atoms with Crippen LogP contribution < -0.4 is 10.1 Å². The number of amides is 1. The number of benzene rings is 1. The number of nitrogens with one attached hydrogen (secondary N) is 1. The Morgan fingerprint density at radius 2 is 2.42 bits per heavy atom. The van der Waals surface area contributed by atoms with Crippen LogP contribution in [0.4, 0.5) is 0 Å². The van der Waals surface area contributed by atoms with Gasteiger partial charge in [0.25, 0.3) is 5.91 Å². The molecule has 0 aliphatic carbocycles. The van der Waals surface area contributed by atoms with Crippen molar-refractivity contribution in [2.75, 3.05) is 19.8 Å². The summed E-state index contributed by atoms with van der Waals surface area (Å²) in [6.45, 7) is 3.36. The first-order valence-corrected chi connectivity index (χ1v) is 7.21. The third kappa shape index (κ3) is 4.51. The first-order valence-electron chi connectivity index (χ1n) is 6.42. The summed E-state index contributed by atoms with van der Waals surface area (Å²) in [7, 11) is 0. The fourth-order valence-electron chi connectivity index (χ4n) is 2.00. The lowest BCUT2D eigenvalue weighted by atomic mass is 10.2. The van der Waals surface area contributed by atoms with Gasteiger partial charge in [0.15, 0.2) is 6.61 Å². The molecule has 1 aromatic carbocycles. The Hall–Kier alpha value is -1.07. The van der Waals surface area contributed by atoms with Gasteiger partial charge < -0.3 is 14.8 Å². The normalized spacial score (nSPS) is 18.3. The van der Waals surface area contributed by atoms with E-state index in [4.69, 9.17) is 9.47 Å². The Morgan fingerprint density at radius 1 is 1.58 bits per heavy atom. The number of halogens is 1. The summed E-state index contributed by atoms with van der Waals surface area (Å²) in [5, 5.41) is 2.83. The van der Waals surface area contributed by atoms with Crippen LogP contribution in [0.15, 0.2) is 22.7 Å². The van der Waals surface area contributed by atoms with Gasteiger partial charge >= 0.3 is 0 Å². The molecule has 0 aromatic heterocycles. The SMILES string of the molecule is Cc1cc(Br)ccc1OCC(=O)NCC1CCCO1. The van der Waals surface area contributed by atoms with E-state index >= 15 is 0 Å². The molecule has 1 aliphatic rings. The van der Waals surface area contributed by atoms with Gasteiger partial charge in [-0.3, -0.25) is 4.79 Å². The molecule has 1 heterocycles. The Morgan fingerprint density at radius 3 is 3.11 bits per heavy atom. The Bertz CT molecular complexity index is 444. The van der Waals surface area contributed by atoms with Gasteiger partial charge in [0.1, 0.15) is 5.75 Å². The molecule has 5 heteroatoms. The second kappa shape index (κ2) is 6.91. The molecule has 0 saturated carbocycles. The van der Waals surface area contributed by atoms with Crippen molar-refractivity contribution >= 4 is 21.8 Å². The first-order chi connectivity index (χ1) is 9.15. The number of rotatable bonds is 5. The van der Waals surface area contributed by atoms with Crippen LogP contribution in [0.25, 0.3) is 0 Å². The van der Waals surface area contributed by atoms with Crippen LogP contribution in [-0.4, -0.2) is 31.8 Å². The van der Waals surface area contributed by atoms with E-state index in [2.05, 4.69) is 21.2 Å². The van der Waals surface area contributed by atoms with Gasteiger partial charge in [0.05, 0.1) is 6.10 Å². The highest BCUT2D eigenvalue weighted by atomic mass is 79.9. The summed E-state index contributed by atoms with van der Waals surface area (Å²) < 4.78 is 11.9. The fraction of sp³-hybridized carbons (Fsp3) is 0.500. The topological polar surface area (TPSA) is 47.6 Å². The van der Waals surface area contributed by atoms with Gasteiger partial charge in [-0.25, -0.2) is 0 Å². The smallest absolute Gasteiger partial charge is 0.258 e. The summed E-state index contributed by atoms with van der Waals surface area (Å²) in [6.07, 6.45) is 2.26. The van der Waals surface area contributed by atoms with E-state index in [0.717, 1.165) is 35.2 Å². The molecule has 2 rings (SSSR count). The van der Waals surface area contributed by atoms with Crippen molar-refractivity contribution in [1.29, 1.82) is 0 Å². The van der Waals surface area contributed by atoms with Gasteiger partial charge in [-0.1, -0.05) is 15.9 Å². The number of carbonyl (C=O) groups is 1. The molecular weight excluding hydrogens is 310 g/mol. The minimum Gasteiger partial charge on any atom is -0.484 e. The van der Waals surface area contributed by atoms with E-state index in [-0.39, 0.29) is 18.6 Å². The predicted octanol–water partition coefficient (Wildman–Crippen LogP) is 2.43. The minimum atomic E-state index is -0.113. The second-order valence-electron chi connectivity index (χ2n) is 4.64. The highest BCUT2D eigenvalue weighted by Gasteiger charge is 2.16. The quantitative estimate of drug-likeness (QED) is 0.903. The molecule has 1 fully saturated rings. The van der Waals surface area contributed by atoms with Crippen molar-refractivity contribution in [2.24, 2.45) is 0 Å². The second-order valence-corrected chi connectivity index (χ2v) is 5.55. The summed E-state index contributed by atoms with van der Waals surface area (Å²) in [5.41, 5.74) is 1.00. The zero-order valence-corrected chi connectivity index (χ0v) is 12.5. The maximum absolute atomic E-state index is 11.7. The molecule has 1 aliphatic heterocycles. The van der Waals surface area contributed by atoms with Crippen molar-refractivity contribution < 1.29 is 14.3 Å². The number of carbonyl (C=O) groups excluding carboxylic acids is 1. The Labute approximate surface area is 121 Å². The van der Waals surface area contributed by atoms with Gasteiger partial charge in [0, 0.05) is 17.6 Å². The van der Waals surface area contributed by atoms with Gasteiger partial charge in [-0.05, 0) is 43.5 Å². The summed E-state index contributed by atoms with van der Waals surface area (Å²) in [5.74, 6) is 0.619. The largest absolute Gasteiger partial charge is 0.484 e. The van der Waals surface area contributed by atoms with E-state index in [1.54, 1.807) is 0 Å². The minimum absolute atomic E-state index is 0.0369. The summed E-state index contributed by atoms with van der Waals surface area (Å²) in [4.78, 5) is 11.7. The van der Waals surface area contributed by atoms with Crippen molar-refractivity contribution in [2.45, 2.75) is 25.9 Å². The third-order valence-corrected chi connectivity index (χ3v) is 3.54. The van der Waals surface area contributed by atoms with Crippen molar-refractivity contribution in [1.82, 2.24) is 5.32 Å². The monoisotopic (exact) mass is 327 g/mol. The lowest BCUT2D eigenvalue weighted by Gasteiger charge is -2.12. The lowest BCUT2D eigenvalue weighted by molar-refractivity contribution is -0.123. The van der Waals surface area contributed by atoms with Crippen LogP contribution in [0.5, 0.6) is 5.75 Å². The van der Waals surface area contributed by atoms with Crippen LogP contribution in [0.3, 0.4) is 0 Å². The number of ether oxygens (including phenoxy) is 2. The number of hydrogen-bond donors (Lipinski definition) is 1. The molecule has 0 spiro atoms. The van der Waals surface area contributed by atoms with Crippen LogP contribution in [0.2, 0.25) is 0 Å². The van der Waals surface area contributed by atoms with Crippen LogP contribution in [0.1, 0.15) is 18.4 Å². The molecule has 4 nitrogen and oxygen atoms in total. The third-order valence-electron chi connectivity index (χ3n) is 3.05. The predicted molar refractivity (Wildman–Crippen MR) is 76.4 cm³/mol. The molecule has 1 unspecified atom stereocenters. The zero-order valence-electron chi connectivity index (χ0n) is 10.9. The van der Waals surface area contributed by atoms with Gasteiger partial charge in [-0.2, -0.15) is 0 Å². The molecule has 104 valence electrons. The molecule has 1 amide bonds. The molecule has 1 atom stereocenters. The van der Waals surface area contributed by atoms with E-state index in [1.165, 1.54) is 0 Å². The van der Waals surface area contributed by atoms with Crippen LogP contribution in [0, 0.1) is 6.92 Å². The first kappa shape index (κ1) is 14.3. The van der Waals surface area contributed by atoms with Gasteiger partial charge in [-0.15, -0.1) is 0 Å². The molecule has 1 saturated heterocycles. The average molecular weight is 328 g/mol. The molecule has 0 radical (unpaired) electrons. The van der Waals surface area contributed by atoms with E-state index in [9.17, 15) is 4.79 Å². The van der Waals surface area contributed by atoms with Crippen molar-refractivity contribution in [3.05, 3.63) is 28.2 Å². The zero-order chi connectivity index (χ0) is 13.7. The van der Waals surface area contributed by atoms with E-state index in [0.29, 0.717) is 6.54 Å². The standard InChI is InChI=1S/C14H18BrNO3/c1-10-7-11(15)4-5-13(10)19-9-14(17)16-8-12-3-2-6-18-12/h4-5,7,12H,2-3,6,8-9H2,1H3,(H,16,17). The Balaban J connectivity index is 1.73. The lowest BCUT2D eigenvalue weighted by Crippen LogP contribution is -2.35. The summed E-state index contributed by atoms with van der Waals surface area (Å²) >= 11 is 3.39. The average Bonchev–Trinajstić information content (AvgIpc) is 2.88. The van der Waals surface area contributed by atoms with Crippen LogP contribution in [-0.2, 0) is 9.53 Å². The highest BCUT2D eigenvalue weighted by Crippen LogP contribution is 2.21. The number of aryl methyl sites for hydroxylation is 1. The Kier molecular flexibility index (Phi) is 5.22. The summed E-state index contributed by atoms with van der Waals surface area (Å²) in [6, 6.07) is 5.71. The van der Waals surface area contributed by atoms with Crippen molar-refractivity contribution in [3.8, 4) is 5.75 Å². The number of hydrogen-bond acceptors (Lipinski definition) is 3. The van der Waals surface area contributed by atoms with Crippen molar-refractivity contribution in [3.63, 3.8) is 0 Å². The molecule has 1 N–H and O–H groups in total. The van der Waals surface area contributed by atoms with Gasteiger partial charge in [0.2, 0.25) is 0 Å². The van der Waals surface area contributed by atoms with E-state index in [1.807, 2.05) is 25.1 Å².